The molecule has 1 aromatic heterocycles. The van der Waals surface area contributed by atoms with E-state index in [4.69, 9.17) is 9.47 Å². The number of hydrogen-bond donors (Lipinski definition) is 1. The Morgan fingerprint density at radius 1 is 1.50 bits per heavy atom. The highest BCUT2D eigenvalue weighted by atomic mass is 16.5. The highest BCUT2D eigenvalue weighted by molar-refractivity contribution is 5.91. The van der Waals surface area contributed by atoms with Crippen molar-refractivity contribution in [1.82, 2.24) is 9.88 Å². The van der Waals surface area contributed by atoms with Gasteiger partial charge in [-0.25, -0.2) is 4.79 Å². The summed E-state index contributed by atoms with van der Waals surface area (Å²) >= 11 is 0. The molecule has 22 heavy (non-hydrogen) atoms. The monoisotopic (exact) mass is 307 g/mol. The largest absolute Gasteiger partial charge is 0.385 e. The Bertz CT molecular complexity index is 510. The molecule has 1 saturated heterocycles. The summed E-state index contributed by atoms with van der Waals surface area (Å²) in [5, 5.41) is 3.01. The lowest BCUT2D eigenvalue weighted by Crippen LogP contribution is -2.50. The minimum absolute atomic E-state index is 0.0488. The van der Waals surface area contributed by atoms with Crippen LogP contribution in [0.4, 0.5) is 10.5 Å². The van der Waals surface area contributed by atoms with E-state index >= 15 is 0 Å². The molecule has 0 bridgehead atoms. The predicted molar refractivity (Wildman–Crippen MR) is 85.3 cm³/mol. The van der Waals surface area contributed by atoms with Crippen LogP contribution in [0.3, 0.4) is 0 Å². The molecule has 1 N–H and O–H groups in total. The zero-order valence-electron chi connectivity index (χ0n) is 13.8. The van der Waals surface area contributed by atoms with E-state index in [1.165, 1.54) is 0 Å². The number of morpholine rings is 1. The fourth-order valence-corrected chi connectivity index (χ4v) is 2.81. The fraction of sp³-hybridized carbons (Fsp3) is 0.625. The van der Waals surface area contributed by atoms with Crippen LogP contribution in [-0.4, -0.2) is 55.4 Å². The van der Waals surface area contributed by atoms with Crippen molar-refractivity contribution < 1.29 is 14.3 Å². The molecule has 2 rings (SSSR count). The number of nitrogens with one attached hydrogen (secondary N) is 1. The van der Waals surface area contributed by atoms with E-state index in [0.29, 0.717) is 26.4 Å². The first-order valence-electron chi connectivity index (χ1n) is 7.62. The number of carbonyl (C=O) groups is 1. The molecule has 6 nitrogen and oxygen atoms in total. The number of pyridine rings is 1. The Morgan fingerprint density at radius 3 is 2.95 bits per heavy atom. The number of anilines is 1. The van der Waals surface area contributed by atoms with Crippen molar-refractivity contribution in [2.24, 2.45) is 0 Å². The van der Waals surface area contributed by atoms with E-state index in [9.17, 15) is 4.79 Å². The zero-order valence-corrected chi connectivity index (χ0v) is 13.8. The Morgan fingerprint density at radius 2 is 2.27 bits per heavy atom. The highest BCUT2D eigenvalue weighted by Gasteiger charge is 2.27. The molecule has 6 heteroatoms. The van der Waals surface area contributed by atoms with Gasteiger partial charge >= 0.3 is 6.03 Å². The number of aromatic nitrogens is 1. The number of ether oxygens (including phenoxy) is 2. The van der Waals surface area contributed by atoms with E-state index < -0.39 is 0 Å². The third-order valence-electron chi connectivity index (χ3n) is 3.90. The molecule has 0 aromatic carbocycles. The van der Waals surface area contributed by atoms with Gasteiger partial charge in [-0.1, -0.05) is 0 Å². The zero-order chi connectivity index (χ0) is 16.1. The number of urea groups is 1. The fourth-order valence-electron chi connectivity index (χ4n) is 2.81. The Hall–Kier alpha value is -1.66. The van der Waals surface area contributed by atoms with Gasteiger partial charge in [-0.05, 0) is 38.8 Å². The smallest absolute Gasteiger partial charge is 0.322 e. The number of rotatable bonds is 4. The van der Waals surface area contributed by atoms with E-state index in [1.807, 2.05) is 31.7 Å². The highest BCUT2D eigenvalue weighted by Crippen LogP contribution is 2.21. The molecule has 1 atom stereocenters. The molecule has 1 aromatic rings. The number of aryl methyl sites for hydroxylation is 3. The topological polar surface area (TPSA) is 63.7 Å². The van der Waals surface area contributed by atoms with Crippen LogP contribution in [0.2, 0.25) is 0 Å². The van der Waals surface area contributed by atoms with Crippen molar-refractivity contribution >= 4 is 11.7 Å². The molecule has 0 saturated carbocycles. The van der Waals surface area contributed by atoms with E-state index in [-0.39, 0.29) is 12.1 Å². The molecule has 0 spiro atoms. The lowest BCUT2D eigenvalue weighted by Gasteiger charge is -2.35. The quantitative estimate of drug-likeness (QED) is 0.927. The number of methoxy groups -OCH3 is 1. The van der Waals surface area contributed by atoms with Crippen LogP contribution in [0, 0.1) is 20.8 Å². The third-order valence-corrected chi connectivity index (χ3v) is 3.90. The summed E-state index contributed by atoms with van der Waals surface area (Å²) in [7, 11) is 1.67. The molecule has 122 valence electrons. The van der Waals surface area contributed by atoms with Crippen LogP contribution < -0.4 is 5.32 Å². The van der Waals surface area contributed by atoms with Crippen molar-refractivity contribution in [2.75, 3.05) is 38.8 Å². The summed E-state index contributed by atoms with van der Waals surface area (Å²) in [5.74, 6) is 0. The predicted octanol–water partition coefficient (Wildman–Crippen LogP) is 2.28. The van der Waals surface area contributed by atoms with E-state index in [1.54, 1.807) is 7.11 Å². The summed E-state index contributed by atoms with van der Waals surface area (Å²) in [4.78, 5) is 18.9. The average Bonchev–Trinajstić information content (AvgIpc) is 2.48. The van der Waals surface area contributed by atoms with Gasteiger partial charge in [-0.15, -0.1) is 0 Å². The second-order valence-corrected chi connectivity index (χ2v) is 5.67. The maximum atomic E-state index is 12.6. The summed E-state index contributed by atoms with van der Waals surface area (Å²) in [6.07, 6.45) is 0.772. The Labute approximate surface area is 131 Å². The lowest BCUT2D eigenvalue weighted by molar-refractivity contribution is 0.00448. The first-order chi connectivity index (χ1) is 10.5. The SMILES string of the molecule is COCC[C@H]1COCCN1C(=O)Nc1c(C)cc(C)nc1C. The van der Waals surface area contributed by atoms with Gasteiger partial charge in [-0.3, -0.25) is 4.98 Å². The summed E-state index contributed by atoms with van der Waals surface area (Å²) < 4.78 is 10.6. The van der Waals surface area contributed by atoms with Crippen LogP contribution in [-0.2, 0) is 9.47 Å². The van der Waals surface area contributed by atoms with Gasteiger partial charge in [0.1, 0.15) is 0 Å². The van der Waals surface area contributed by atoms with Crippen LogP contribution in [0.1, 0.15) is 23.4 Å². The molecular weight excluding hydrogens is 282 g/mol. The molecule has 1 aliphatic rings. The standard InChI is InChI=1S/C16H25N3O3/c1-11-9-12(2)17-13(3)15(11)18-16(20)19-6-8-22-10-14(19)5-7-21-4/h9,14H,5-8,10H2,1-4H3,(H,18,20)/t14-/m0/s1. The van der Waals surface area contributed by atoms with Gasteiger partial charge in [0.25, 0.3) is 0 Å². The van der Waals surface area contributed by atoms with Crippen LogP contribution in [0.15, 0.2) is 6.07 Å². The van der Waals surface area contributed by atoms with Crippen molar-refractivity contribution in [3.05, 3.63) is 23.0 Å². The third kappa shape index (κ3) is 3.96. The van der Waals surface area contributed by atoms with Gasteiger partial charge in [0, 0.05) is 26.0 Å². The van der Waals surface area contributed by atoms with Crippen LogP contribution in [0.5, 0.6) is 0 Å². The van der Waals surface area contributed by atoms with Crippen molar-refractivity contribution in [1.29, 1.82) is 0 Å². The number of nitrogens with zero attached hydrogens (tertiary/aromatic N) is 2. The van der Waals surface area contributed by atoms with Crippen molar-refractivity contribution in [3.63, 3.8) is 0 Å². The molecule has 1 fully saturated rings. The first kappa shape index (κ1) is 16.7. The molecule has 0 aliphatic carbocycles. The normalized spacial score (nSPS) is 18.4. The number of carbonyl (C=O) groups excluding carboxylic acids is 1. The summed E-state index contributed by atoms with van der Waals surface area (Å²) in [5.41, 5.74) is 3.62. The molecule has 2 heterocycles. The minimum Gasteiger partial charge on any atom is -0.385 e. The number of hydrogen-bond acceptors (Lipinski definition) is 4. The summed E-state index contributed by atoms with van der Waals surface area (Å²) in [6, 6.07) is 1.93. The molecular formula is C16H25N3O3. The van der Waals surface area contributed by atoms with Gasteiger partial charge in [-0.2, -0.15) is 0 Å². The van der Waals surface area contributed by atoms with E-state index in [2.05, 4.69) is 10.3 Å². The first-order valence-corrected chi connectivity index (χ1v) is 7.62. The molecule has 0 radical (unpaired) electrons. The minimum atomic E-state index is -0.0961. The van der Waals surface area contributed by atoms with Crippen molar-refractivity contribution in [3.8, 4) is 0 Å². The van der Waals surface area contributed by atoms with Gasteiger partial charge in [0.2, 0.25) is 0 Å². The van der Waals surface area contributed by atoms with E-state index in [0.717, 1.165) is 29.1 Å². The lowest BCUT2D eigenvalue weighted by atomic mass is 10.1. The van der Waals surface area contributed by atoms with Crippen LogP contribution >= 0.6 is 0 Å². The molecule has 0 unspecified atom stereocenters. The average molecular weight is 307 g/mol. The maximum absolute atomic E-state index is 12.6. The summed E-state index contributed by atoms with van der Waals surface area (Å²) in [6.45, 7) is 8.19. The molecule has 1 aliphatic heterocycles. The van der Waals surface area contributed by atoms with Crippen molar-refractivity contribution in [2.45, 2.75) is 33.2 Å². The Kier molecular flexibility index (Phi) is 5.74. The number of amides is 2. The van der Waals surface area contributed by atoms with Gasteiger partial charge < -0.3 is 19.7 Å². The molecule has 2 amide bonds. The second kappa shape index (κ2) is 7.56. The van der Waals surface area contributed by atoms with Gasteiger partial charge in [0.05, 0.1) is 30.6 Å². The second-order valence-electron chi connectivity index (χ2n) is 5.67. The van der Waals surface area contributed by atoms with Crippen LogP contribution in [0.25, 0.3) is 0 Å². The maximum Gasteiger partial charge on any atom is 0.322 e. The Balaban J connectivity index is 2.10. The van der Waals surface area contributed by atoms with Gasteiger partial charge in [0.15, 0.2) is 0 Å².